The first-order valence-corrected chi connectivity index (χ1v) is 6.48. The maximum absolute atomic E-state index is 8.79. The lowest BCUT2D eigenvalue weighted by Gasteiger charge is -2.11. The van der Waals surface area contributed by atoms with E-state index in [2.05, 4.69) is 15.5 Å². The Balaban J connectivity index is 2.20. The molecule has 0 saturated carbocycles. The number of aromatic nitrogens is 1. The van der Waals surface area contributed by atoms with Gasteiger partial charge in [-0.25, -0.2) is 0 Å². The summed E-state index contributed by atoms with van der Waals surface area (Å²) in [6.45, 7) is 0. The second kappa shape index (κ2) is 7.42. The summed E-state index contributed by atoms with van der Waals surface area (Å²) in [7, 11) is 1.51. The topological polar surface area (TPSA) is 129 Å². The molecule has 0 aliphatic rings. The molecule has 1 heterocycles. The summed E-state index contributed by atoms with van der Waals surface area (Å²) >= 11 is 0. The molecule has 8 heteroatoms. The van der Waals surface area contributed by atoms with Gasteiger partial charge in [-0.15, -0.1) is 0 Å². The van der Waals surface area contributed by atoms with E-state index in [0.717, 1.165) is 0 Å². The molecule has 0 atom stereocenters. The van der Waals surface area contributed by atoms with Crippen molar-refractivity contribution in [1.82, 2.24) is 4.98 Å². The van der Waals surface area contributed by atoms with Crippen LogP contribution >= 0.6 is 0 Å². The van der Waals surface area contributed by atoms with Crippen LogP contribution in [0, 0.1) is 16.7 Å². The van der Waals surface area contributed by atoms with Crippen molar-refractivity contribution >= 4 is 17.2 Å². The Hall–Kier alpha value is -3.60. The molecule has 0 spiro atoms. The van der Waals surface area contributed by atoms with Gasteiger partial charge in [0.05, 0.1) is 19.0 Å². The van der Waals surface area contributed by atoms with Crippen LogP contribution in [-0.4, -0.2) is 23.6 Å². The van der Waals surface area contributed by atoms with Crippen molar-refractivity contribution in [2.45, 2.75) is 0 Å². The number of hydrogen-bond acceptors (Lipinski definition) is 7. The van der Waals surface area contributed by atoms with Crippen LogP contribution in [0.25, 0.3) is 0 Å². The minimum atomic E-state index is -0.413. The number of benzene rings is 1. The van der Waals surface area contributed by atoms with Gasteiger partial charge in [-0.05, 0) is 24.3 Å². The van der Waals surface area contributed by atoms with E-state index < -0.39 is 5.84 Å². The van der Waals surface area contributed by atoms with Gasteiger partial charge in [0, 0.05) is 12.3 Å². The SMILES string of the molecule is COc1cc(N/N=C(\C#N)C(=N)N)ccc1Oc1cccnc1. The van der Waals surface area contributed by atoms with Gasteiger partial charge in [0.1, 0.15) is 11.8 Å². The van der Waals surface area contributed by atoms with Crippen LogP contribution in [0.1, 0.15) is 0 Å². The highest BCUT2D eigenvalue weighted by molar-refractivity contribution is 6.45. The van der Waals surface area contributed by atoms with E-state index in [1.807, 2.05) is 0 Å². The molecule has 8 nitrogen and oxygen atoms in total. The number of nitrogens with two attached hydrogens (primary N) is 1. The Bertz CT molecular complexity index is 767. The lowest BCUT2D eigenvalue weighted by Crippen LogP contribution is -2.21. The minimum Gasteiger partial charge on any atom is -0.493 e. The highest BCUT2D eigenvalue weighted by Crippen LogP contribution is 2.33. The predicted molar refractivity (Wildman–Crippen MR) is 85.9 cm³/mol. The summed E-state index contributed by atoms with van der Waals surface area (Å²) in [4.78, 5) is 3.97. The van der Waals surface area contributed by atoms with Crippen LogP contribution in [0.4, 0.5) is 5.69 Å². The van der Waals surface area contributed by atoms with E-state index >= 15 is 0 Å². The van der Waals surface area contributed by atoms with Crippen LogP contribution in [0.5, 0.6) is 17.2 Å². The molecular weight excluding hydrogens is 296 g/mol. The van der Waals surface area contributed by atoms with E-state index in [0.29, 0.717) is 22.9 Å². The largest absolute Gasteiger partial charge is 0.493 e. The minimum absolute atomic E-state index is 0.209. The van der Waals surface area contributed by atoms with Gasteiger partial charge >= 0.3 is 0 Å². The lowest BCUT2D eigenvalue weighted by atomic mass is 10.3. The smallest absolute Gasteiger partial charge is 0.201 e. The Labute approximate surface area is 132 Å². The molecule has 0 amide bonds. The maximum atomic E-state index is 8.79. The quantitative estimate of drug-likeness (QED) is 0.425. The van der Waals surface area contributed by atoms with Crippen molar-refractivity contribution in [3.63, 3.8) is 0 Å². The number of anilines is 1. The Morgan fingerprint density at radius 1 is 1.39 bits per heavy atom. The molecule has 23 heavy (non-hydrogen) atoms. The molecule has 0 aliphatic carbocycles. The summed E-state index contributed by atoms with van der Waals surface area (Å²) in [5.74, 6) is 1.13. The first kappa shape index (κ1) is 15.8. The number of methoxy groups -OCH3 is 1. The number of amidine groups is 1. The van der Waals surface area contributed by atoms with Crippen molar-refractivity contribution < 1.29 is 9.47 Å². The van der Waals surface area contributed by atoms with Crippen LogP contribution < -0.4 is 20.6 Å². The van der Waals surface area contributed by atoms with E-state index in [1.54, 1.807) is 48.8 Å². The summed E-state index contributed by atoms with van der Waals surface area (Å²) < 4.78 is 11.0. The number of hydrazone groups is 1. The molecule has 1 aromatic carbocycles. The van der Waals surface area contributed by atoms with Gasteiger partial charge in [-0.3, -0.25) is 15.8 Å². The zero-order valence-corrected chi connectivity index (χ0v) is 12.3. The summed E-state index contributed by atoms with van der Waals surface area (Å²) in [6.07, 6.45) is 3.23. The number of rotatable bonds is 6. The molecule has 0 fully saturated rings. The second-order valence-corrected chi connectivity index (χ2v) is 4.25. The third-order valence-corrected chi connectivity index (χ3v) is 2.68. The molecule has 0 aliphatic heterocycles. The number of nitrogens with zero attached hydrogens (tertiary/aromatic N) is 3. The summed E-state index contributed by atoms with van der Waals surface area (Å²) in [5, 5.41) is 19.7. The number of pyridine rings is 1. The van der Waals surface area contributed by atoms with Gasteiger partial charge in [0.25, 0.3) is 0 Å². The van der Waals surface area contributed by atoms with Crippen LogP contribution in [0.15, 0.2) is 47.8 Å². The van der Waals surface area contributed by atoms with Crippen molar-refractivity contribution in [3.8, 4) is 23.3 Å². The zero-order valence-electron chi connectivity index (χ0n) is 12.3. The Morgan fingerprint density at radius 2 is 2.22 bits per heavy atom. The fourth-order valence-electron chi connectivity index (χ4n) is 1.62. The molecular formula is C15H14N6O2. The molecule has 4 N–H and O–H groups in total. The number of nitrogens with one attached hydrogen (secondary N) is 2. The number of hydrogen-bond donors (Lipinski definition) is 3. The molecule has 0 bridgehead atoms. The highest BCUT2D eigenvalue weighted by Gasteiger charge is 2.08. The molecule has 2 rings (SSSR count). The van der Waals surface area contributed by atoms with Gasteiger partial charge in [0.2, 0.25) is 5.71 Å². The fourth-order valence-corrected chi connectivity index (χ4v) is 1.62. The average molecular weight is 310 g/mol. The van der Waals surface area contributed by atoms with Crippen molar-refractivity contribution in [1.29, 1.82) is 10.7 Å². The molecule has 2 aromatic rings. The standard InChI is InChI=1S/C15H14N6O2/c1-22-14-7-10(20-21-12(8-16)15(17)18)4-5-13(14)23-11-3-2-6-19-9-11/h2-7,9,20H,1H3,(H3,17,18)/b21-12+. The monoisotopic (exact) mass is 310 g/mol. The second-order valence-electron chi connectivity index (χ2n) is 4.25. The maximum Gasteiger partial charge on any atom is 0.201 e. The van der Waals surface area contributed by atoms with Gasteiger partial charge in [0.15, 0.2) is 17.3 Å². The zero-order chi connectivity index (χ0) is 16.7. The van der Waals surface area contributed by atoms with Crippen LogP contribution in [0.2, 0.25) is 0 Å². The summed E-state index contributed by atoms with van der Waals surface area (Å²) in [6, 6.07) is 10.3. The van der Waals surface area contributed by atoms with Crippen molar-refractivity contribution in [3.05, 3.63) is 42.7 Å². The number of nitriles is 1. The predicted octanol–water partition coefficient (Wildman–Crippen LogP) is 2.11. The first-order chi connectivity index (χ1) is 11.1. The van der Waals surface area contributed by atoms with E-state index in [4.69, 9.17) is 25.9 Å². The van der Waals surface area contributed by atoms with Crippen molar-refractivity contribution in [2.24, 2.45) is 10.8 Å². The molecule has 1 aromatic heterocycles. The fraction of sp³-hybridized carbons (Fsp3) is 0.0667. The van der Waals surface area contributed by atoms with E-state index in [1.165, 1.54) is 7.11 Å². The summed E-state index contributed by atoms with van der Waals surface area (Å²) in [5.41, 5.74) is 8.20. The lowest BCUT2D eigenvalue weighted by molar-refractivity contribution is 0.378. The van der Waals surface area contributed by atoms with E-state index in [-0.39, 0.29) is 5.71 Å². The van der Waals surface area contributed by atoms with Gasteiger partial charge < -0.3 is 15.2 Å². The molecule has 0 unspecified atom stereocenters. The van der Waals surface area contributed by atoms with Crippen LogP contribution in [0.3, 0.4) is 0 Å². The molecule has 116 valence electrons. The van der Waals surface area contributed by atoms with Gasteiger partial charge in [-0.1, -0.05) is 0 Å². The molecule has 0 radical (unpaired) electrons. The van der Waals surface area contributed by atoms with Crippen LogP contribution in [-0.2, 0) is 0 Å². The third kappa shape index (κ3) is 4.18. The average Bonchev–Trinajstić information content (AvgIpc) is 2.57. The highest BCUT2D eigenvalue weighted by atomic mass is 16.5. The Morgan fingerprint density at radius 3 is 2.83 bits per heavy atom. The molecule has 0 saturated heterocycles. The third-order valence-electron chi connectivity index (χ3n) is 2.68. The van der Waals surface area contributed by atoms with Gasteiger partial charge in [-0.2, -0.15) is 10.4 Å². The van der Waals surface area contributed by atoms with E-state index in [9.17, 15) is 0 Å². The number of ether oxygens (including phenoxy) is 2. The first-order valence-electron chi connectivity index (χ1n) is 6.48. The Kier molecular flexibility index (Phi) is 5.09. The normalized spacial score (nSPS) is 10.5. The van der Waals surface area contributed by atoms with Crippen molar-refractivity contribution in [2.75, 3.05) is 12.5 Å².